The molecule has 0 amide bonds. The Morgan fingerprint density at radius 3 is 2.37 bits per heavy atom. The second kappa shape index (κ2) is 7.43. The number of rotatable bonds is 5. The number of hydrogen-bond acceptors (Lipinski definition) is 3. The molecule has 3 aromatic rings. The fourth-order valence-electron chi connectivity index (χ4n) is 3.03. The highest BCUT2D eigenvalue weighted by Gasteiger charge is 2.34. The summed E-state index contributed by atoms with van der Waals surface area (Å²) in [5.41, 5.74) is 2.79. The van der Waals surface area contributed by atoms with Crippen LogP contribution < -0.4 is 15.1 Å². The number of benzene rings is 3. The minimum absolute atomic E-state index is 0.441. The van der Waals surface area contributed by atoms with E-state index in [0.717, 1.165) is 16.7 Å². The van der Waals surface area contributed by atoms with E-state index in [9.17, 15) is 4.57 Å². The molecule has 1 aliphatic rings. The van der Waals surface area contributed by atoms with Crippen LogP contribution >= 0.6 is 7.52 Å². The number of fused-ring (bicyclic) bond motifs is 1. The monoisotopic (exact) mass is 377 g/mol. The van der Waals surface area contributed by atoms with Crippen LogP contribution in [0.5, 0.6) is 5.75 Å². The van der Waals surface area contributed by atoms with Gasteiger partial charge < -0.3 is 9.26 Å². The summed E-state index contributed by atoms with van der Waals surface area (Å²) in [6.07, 6.45) is 1.92. The number of nitrogens with one attached hydrogen (secondary N) is 1. The molecular weight excluding hydrogens is 357 g/mol. The van der Waals surface area contributed by atoms with Crippen molar-refractivity contribution in [1.29, 1.82) is 0 Å². The molecule has 0 saturated carbocycles. The van der Waals surface area contributed by atoms with E-state index >= 15 is 0 Å². The van der Waals surface area contributed by atoms with Crippen molar-refractivity contribution < 1.29 is 13.8 Å². The van der Waals surface area contributed by atoms with Crippen LogP contribution in [0.15, 0.2) is 78.9 Å². The molecule has 0 spiro atoms. The van der Waals surface area contributed by atoms with Crippen LogP contribution in [0.25, 0.3) is 11.8 Å². The number of hydrogen-bond donors (Lipinski definition) is 1. The van der Waals surface area contributed by atoms with Gasteiger partial charge in [0, 0.05) is 12.1 Å². The average molecular weight is 377 g/mol. The van der Waals surface area contributed by atoms with E-state index < -0.39 is 7.52 Å². The summed E-state index contributed by atoms with van der Waals surface area (Å²) in [6.45, 7) is 0.441. The molecule has 0 bridgehead atoms. The molecule has 5 heteroatoms. The third kappa shape index (κ3) is 3.68. The lowest BCUT2D eigenvalue weighted by Crippen LogP contribution is -2.25. The predicted octanol–water partition coefficient (Wildman–Crippen LogP) is 4.83. The standard InChI is InChI=1S/C22H20NO3P/c1-25-20-13-12-19-14-21(18-10-6-3-7-11-18)26-27(24,22(19)15-20)23-16-17-8-4-2-5-9-17/h2-15H,16H2,1H3,(H,23,24). The molecule has 0 aromatic heterocycles. The Kier molecular flexibility index (Phi) is 4.85. The maximum atomic E-state index is 13.9. The van der Waals surface area contributed by atoms with Crippen molar-refractivity contribution in [1.82, 2.24) is 5.09 Å². The average Bonchev–Trinajstić information content (AvgIpc) is 2.73. The Balaban J connectivity index is 1.74. The smallest absolute Gasteiger partial charge is 0.348 e. The van der Waals surface area contributed by atoms with Gasteiger partial charge in [-0.25, -0.2) is 5.09 Å². The van der Waals surface area contributed by atoms with Gasteiger partial charge in [-0.2, -0.15) is 0 Å². The van der Waals surface area contributed by atoms with Crippen molar-refractivity contribution >= 4 is 24.7 Å². The van der Waals surface area contributed by atoms with E-state index in [1.54, 1.807) is 13.2 Å². The van der Waals surface area contributed by atoms with Gasteiger partial charge >= 0.3 is 7.52 Å². The van der Waals surface area contributed by atoms with Crippen molar-refractivity contribution in [3.63, 3.8) is 0 Å². The molecule has 0 saturated heterocycles. The van der Waals surface area contributed by atoms with Crippen LogP contribution in [0.3, 0.4) is 0 Å². The predicted molar refractivity (Wildman–Crippen MR) is 109 cm³/mol. The highest BCUT2D eigenvalue weighted by Crippen LogP contribution is 2.51. The Bertz CT molecular complexity index is 1020. The molecular formula is C22H20NO3P. The van der Waals surface area contributed by atoms with Gasteiger partial charge in [-0.15, -0.1) is 0 Å². The molecule has 0 radical (unpaired) electrons. The molecule has 1 unspecified atom stereocenters. The summed E-state index contributed by atoms with van der Waals surface area (Å²) < 4.78 is 25.2. The molecule has 4 rings (SSSR count). The number of ether oxygens (including phenoxy) is 1. The maximum Gasteiger partial charge on any atom is 0.348 e. The first-order valence-corrected chi connectivity index (χ1v) is 10.3. The van der Waals surface area contributed by atoms with Crippen molar-refractivity contribution in [3.8, 4) is 5.75 Å². The van der Waals surface area contributed by atoms with E-state index in [0.29, 0.717) is 23.4 Å². The van der Waals surface area contributed by atoms with Gasteiger partial charge in [0.25, 0.3) is 0 Å². The van der Waals surface area contributed by atoms with Crippen LogP contribution in [0.1, 0.15) is 16.7 Å². The third-order valence-electron chi connectivity index (χ3n) is 4.46. The minimum Gasteiger partial charge on any atom is -0.497 e. The molecule has 1 atom stereocenters. The quantitative estimate of drug-likeness (QED) is 0.647. The van der Waals surface area contributed by atoms with E-state index in [-0.39, 0.29) is 0 Å². The Labute approximate surface area is 159 Å². The molecule has 3 aromatic carbocycles. The molecule has 27 heavy (non-hydrogen) atoms. The lowest BCUT2D eigenvalue weighted by atomic mass is 10.1. The lowest BCUT2D eigenvalue weighted by molar-refractivity contribution is 0.414. The first kappa shape index (κ1) is 17.6. The minimum atomic E-state index is -3.33. The summed E-state index contributed by atoms with van der Waals surface area (Å²) >= 11 is 0. The van der Waals surface area contributed by atoms with E-state index in [4.69, 9.17) is 9.26 Å². The van der Waals surface area contributed by atoms with Gasteiger partial charge in [0.1, 0.15) is 11.5 Å². The third-order valence-corrected chi connectivity index (χ3v) is 6.51. The van der Waals surface area contributed by atoms with Gasteiger partial charge in [-0.05, 0) is 29.3 Å². The fraction of sp³-hybridized carbons (Fsp3) is 0.0909. The molecule has 0 aliphatic carbocycles. The molecule has 1 aliphatic heterocycles. The van der Waals surface area contributed by atoms with Crippen molar-refractivity contribution in [2.24, 2.45) is 0 Å². The van der Waals surface area contributed by atoms with Gasteiger partial charge in [-0.1, -0.05) is 66.7 Å². The topological polar surface area (TPSA) is 47.6 Å². The van der Waals surface area contributed by atoms with Crippen LogP contribution in [0, 0.1) is 0 Å². The highest BCUT2D eigenvalue weighted by molar-refractivity contribution is 7.65. The summed E-state index contributed by atoms with van der Waals surface area (Å²) in [5.74, 6) is 1.24. The summed E-state index contributed by atoms with van der Waals surface area (Å²) in [5, 5.41) is 3.78. The zero-order valence-corrected chi connectivity index (χ0v) is 15.9. The second-order valence-corrected chi connectivity index (χ2v) is 8.35. The molecule has 1 N–H and O–H groups in total. The lowest BCUT2D eigenvalue weighted by Gasteiger charge is -2.28. The van der Waals surface area contributed by atoms with Crippen molar-refractivity contribution in [2.45, 2.75) is 6.54 Å². The zero-order chi connectivity index (χ0) is 18.7. The zero-order valence-electron chi connectivity index (χ0n) is 15.0. The normalized spacial score (nSPS) is 18.2. The Morgan fingerprint density at radius 2 is 1.67 bits per heavy atom. The molecule has 0 fully saturated rings. The SMILES string of the molecule is COc1ccc2c(c1)P(=O)(NCc1ccccc1)OC(c1ccccc1)=C2. The first-order chi connectivity index (χ1) is 13.2. The van der Waals surface area contributed by atoms with Crippen LogP contribution in [0.4, 0.5) is 0 Å². The molecule has 136 valence electrons. The summed E-state index contributed by atoms with van der Waals surface area (Å²) in [4.78, 5) is 0. The summed E-state index contributed by atoms with van der Waals surface area (Å²) in [6, 6.07) is 25.1. The van der Waals surface area contributed by atoms with Crippen LogP contribution in [-0.2, 0) is 15.6 Å². The van der Waals surface area contributed by atoms with E-state index in [1.165, 1.54) is 0 Å². The van der Waals surface area contributed by atoms with Gasteiger partial charge in [-0.3, -0.25) is 4.57 Å². The van der Waals surface area contributed by atoms with E-state index in [1.807, 2.05) is 78.9 Å². The van der Waals surface area contributed by atoms with Gasteiger partial charge in [0.05, 0.1) is 12.4 Å². The van der Waals surface area contributed by atoms with Crippen molar-refractivity contribution in [3.05, 3.63) is 95.6 Å². The van der Waals surface area contributed by atoms with Gasteiger partial charge in [0.2, 0.25) is 0 Å². The maximum absolute atomic E-state index is 13.9. The van der Waals surface area contributed by atoms with Crippen LogP contribution in [0.2, 0.25) is 0 Å². The molecule has 4 nitrogen and oxygen atoms in total. The first-order valence-electron chi connectivity index (χ1n) is 8.72. The second-order valence-electron chi connectivity index (χ2n) is 6.26. The van der Waals surface area contributed by atoms with E-state index in [2.05, 4.69) is 5.09 Å². The number of methoxy groups -OCH3 is 1. The Morgan fingerprint density at radius 1 is 0.963 bits per heavy atom. The fourth-order valence-corrected chi connectivity index (χ4v) is 4.97. The highest BCUT2D eigenvalue weighted by atomic mass is 31.2. The van der Waals surface area contributed by atoms with Crippen LogP contribution in [-0.4, -0.2) is 7.11 Å². The van der Waals surface area contributed by atoms with Crippen molar-refractivity contribution in [2.75, 3.05) is 7.11 Å². The Hall–Kier alpha value is -2.81. The summed E-state index contributed by atoms with van der Waals surface area (Å²) in [7, 11) is -1.73. The largest absolute Gasteiger partial charge is 0.497 e. The van der Waals surface area contributed by atoms with Gasteiger partial charge in [0.15, 0.2) is 0 Å². The molecule has 1 heterocycles.